The van der Waals surface area contributed by atoms with Crippen LogP contribution in [0.3, 0.4) is 0 Å². The Kier molecular flexibility index (Phi) is 5.19. The molecule has 0 saturated heterocycles. The minimum atomic E-state index is -0.317. The van der Waals surface area contributed by atoms with Crippen molar-refractivity contribution >= 4 is 5.97 Å². The molecule has 0 aliphatic carbocycles. The van der Waals surface area contributed by atoms with E-state index in [1.165, 1.54) is 13.2 Å². The highest BCUT2D eigenvalue weighted by atomic mass is 16.5. The van der Waals surface area contributed by atoms with Gasteiger partial charge in [-0.1, -0.05) is 13.8 Å². The number of carbonyl (C=O) groups is 1. The molecule has 0 rings (SSSR count). The number of carbonyl (C=O) groups excluding carboxylic acids is 1. The zero-order valence-electron chi connectivity index (χ0n) is 9.07. The fraction of sp³-hybridized carbons (Fsp3) is 0.700. The Morgan fingerprint density at radius 3 is 2.31 bits per heavy atom. The molecule has 0 aromatic rings. The molecule has 0 heterocycles. The van der Waals surface area contributed by atoms with Crippen LogP contribution in [0.4, 0.5) is 0 Å². The summed E-state index contributed by atoms with van der Waals surface area (Å²) in [5.41, 5.74) is 0. The summed E-state index contributed by atoms with van der Waals surface area (Å²) in [5, 5.41) is 0. The highest BCUT2D eigenvalue weighted by molar-refractivity contribution is 5.81. The van der Waals surface area contributed by atoms with Crippen LogP contribution in [0.2, 0.25) is 0 Å². The van der Waals surface area contributed by atoms with Crippen LogP contribution in [0.25, 0.3) is 0 Å². The number of rotatable bonds is 4. The lowest BCUT2D eigenvalue weighted by Crippen LogP contribution is -2.28. The monoisotopic (exact) mass is 185 g/mol. The van der Waals surface area contributed by atoms with Crippen molar-refractivity contribution < 1.29 is 9.53 Å². The van der Waals surface area contributed by atoms with Crippen LogP contribution < -0.4 is 0 Å². The predicted molar refractivity (Wildman–Crippen MR) is 53.2 cm³/mol. The van der Waals surface area contributed by atoms with Gasteiger partial charge in [-0.2, -0.15) is 0 Å². The van der Waals surface area contributed by atoms with Gasteiger partial charge < -0.3 is 9.64 Å². The second-order valence-electron chi connectivity index (χ2n) is 3.49. The predicted octanol–water partition coefficient (Wildman–Crippen LogP) is 1.65. The van der Waals surface area contributed by atoms with Crippen LogP contribution in [0, 0.1) is 5.92 Å². The molecule has 1 unspecified atom stereocenters. The van der Waals surface area contributed by atoms with Gasteiger partial charge in [-0.05, 0) is 12.8 Å². The van der Waals surface area contributed by atoms with Crippen LogP contribution in [-0.4, -0.2) is 31.1 Å². The lowest BCUT2D eigenvalue weighted by Gasteiger charge is -2.26. The lowest BCUT2D eigenvalue weighted by atomic mass is 10.1. The Morgan fingerprint density at radius 1 is 1.38 bits per heavy atom. The summed E-state index contributed by atoms with van der Waals surface area (Å²) in [6, 6.07) is 0.418. The van der Waals surface area contributed by atoms with E-state index in [2.05, 4.69) is 25.5 Å². The van der Waals surface area contributed by atoms with Crippen molar-refractivity contribution in [2.45, 2.75) is 26.8 Å². The Hall–Kier alpha value is -0.990. The van der Waals surface area contributed by atoms with E-state index in [1.54, 1.807) is 6.20 Å². The summed E-state index contributed by atoms with van der Waals surface area (Å²) < 4.78 is 4.49. The molecule has 0 aromatic carbocycles. The molecule has 0 aliphatic heterocycles. The molecule has 76 valence electrons. The van der Waals surface area contributed by atoms with Crippen molar-refractivity contribution in [1.29, 1.82) is 0 Å². The van der Waals surface area contributed by atoms with E-state index in [0.717, 1.165) is 0 Å². The van der Waals surface area contributed by atoms with E-state index in [9.17, 15) is 4.79 Å². The number of methoxy groups -OCH3 is 1. The molecule has 3 nitrogen and oxygen atoms in total. The zero-order valence-corrected chi connectivity index (χ0v) is 9.07. The average Bonchev–Trinajstić information content (AvgIpc) is 2.11. The first-order chi connectivity index (χ1) is 5.99. The first-order valence-electron chi connectivity index (χ1n) is 4.47. The summed E-state index contributed by atoms with van der Waals surface area (Å²) in [5.74, 6) is 0.245. The first-order valence-corrected chi connectivity index (χ1v) is 4.47. The van der Waals surface area contributed by atoms with Gasteiger partial charge in [-0.25, -0.2) is 4.79 Å². The summed E-state index contributed by atoms with van der Waals surface area (Å²) >= 11 is 0. The largest absolute Gasteiger partial charge is 0.466 e. The third kappa shape index (κ3) is 4.55. The molecular formula is C10H19NO2. The summed E-state index contributed by atoms with van der Waals surface area (Å²) in [6.07, 6.45) is 3.18. The molecule has 3 heteroatoms. The maximum absolute atomic E-state index is 10.8. The van der Waals surface area contributed by atoms with Crippen molar-refractivity contribution in [3.8, 4) is 0 Å². The zero-order chi connectivity index (χ0) is 10.4. The molecule has 0 radical (unpaired) electrons. The van der Waals surface area contributed by atoms with Gasteiger partial charge in [-0.3, -0.25) is 0 Å². The van der Waals surface area contributed by atoms with Gasteiger partial charge in [0.2, 0.25) is 0 Å². The Morgan fingerprint density at radius 2 is 1.92 bits per heavy atom. The van der Waals surface area contributed by atoms with Crippen molar-refractivity contribution in [2.24, 2.45) is 5.92 Å². The van der Waals surface area contributed by atoms with Crippen molar-refractivity contribution in [2.75, 3.05) is 14.2 Å². The van der Waals surface area contributed by atoms with Crippen molar-refractivity contribution in [3.63, 3.8) is 0 Å². The number of hydrogen-bond donors (Lipinski definition) is 0. The number of esters is 1. The summed E-state index contributed by atoms with van der Waals surface area (Å²) in [6.45, 7) is 6.41. The number of ether oxygens (including phenoxy) is 1. The van der Waals surface area contributed by atoms with Crippen LogP contribution >= 0.6 is 0 Å². The molecule has 1 atom stereocenters. The highest BCUT2D eigenvalue weighted by Crippen LogP contribution is 2.07. The van der Waals surface area contributed by atoms with E-state index < -0.39 is 0 Å². The summed E-state index contributed by atoms with van der Waals surface area (Å²) in [7, 11) is 3.32. The quantitative estimate of drug-likeness (QED) is 0.492. The van der Waals surface area contributed by atoms with E-state index >= 15 is 0 Å². The normalized spacial score (nSPS) is 13.4. The van der Waals surface area contributed by atoms with E-state index in [-0.39, 0.29) is 5.97 Å². The van der Waals surface area contributed by atoms with Gasteiger partial charge in [0.25, 0.3) is 0 Å². The molecule has 0 spiro atoms. The molecular weight excluding hydrogens is 166 g/mol. The first kappa shape index (κ1) is 12.0. The van der Waals surface area contributed by atoms with Crippen LogP contribution in [0.5, 0.6) is 0 Å². The van der Waals surface area contributed by atoms with Crippen LogP contribution in [0.15, 0.2) is 12.3 Å². The lowest BCUT2D eigenvalue weighted by molar-refractivity contribution is -0.134. The Bertz CT molecular complexity index is 187. The second kappa shape index (κ2) is 5.62. The minimum absolute atomic E-state index is 0.317. The maximum atomic E-state index is 10.8. The number of hydrogen-bond acceptors (Lipinski definition) is 3. The standard InChI is InChI=1S/C10H19NO2/c1-8(2)9(3)11(4)7-6-10(12)13-5/h6-9H,1-5H3. The molecule has 0 saturated carbocycles. The third-order valence-electron chi connectivity index (χ3n) is 2.25. The third-order valence-corrected chi connectivity index (χ3v) is 2.25. The smallest absolute Gasteiger partial charge is 0.331 e. The highest BCUT2D eigenvalue weighted by Gasteiger charge is 2.09. The van der Waals surface area contributed by atoms with E-state index in [0.29, 0.717) is 12.0 Å². The van der Waals surface area contributed by atoms with E-state index in [1.807, 2.05) is 11.9 Å². The summed E-state index contributed by atoms with van der Waals surface area (Å²) in [4.78, 5) is 12.8. The second-order valence-corrected chi connectivity index (χ2v) is 3.49. The van der Waals surface area contributed by atoms with E-state index in [4.69, 9.17) is 0 Å². The molecule has 0 N–H and O–H groups in total. The number of nitrogens with zero attached hydrogens (tertiary/aromatic N) is 1. The average molecular weight is 185 g/mol. The molecule has 13 heavy (non-hydrogen) atoms. The van der Waals surface area contributed by atoms with Crippen molar-refractivity contribution in [3.05, 3.63) is 12.3 Å². The van der Waals surface area contributed by atoms with Gasteiger partial charge in [0.1, 0.15) is 0 Å². The van der Waals surface area contributed by atoms with Gasteiger partial charge in [-0.15, -0.1) is 0 Å². The molecule has 0 amide bonds. The molecule has 0 aromatic heterocycles. The Labute approximate surface area is 80.4 Å². The van der Waals surface area contributed by atoms with Gasteiger partial charge in [0.15, 0.2) is 0 Å². The molecule has 0 aliphatic rings. The fourth-order valence-corrected chi connectivity index (χ4v) is 0.852. The SMILES string of the molecule is COC(=O)C=CN(C)C(C)C(C)C. The van der Waals surface area contributed by atoms with Gasteiger partial charge in [0.05, 0.1) is 7.11 Å². The molecule has 0 bridgehead atoms. The van der Waals surface area contributed by atoms with Gasteiger partial charge in [0, 0.05) is 25.4 Å². The van der Waals surface area contributed by atoms with Crippen molar-refractivity contribution in [1.82, 2.24) is 4.90 Å². The van der Waals surface area contributed by atoms with Crippen LogP contribution in [-0.2, 0) is 9.53 Å². The van der Waals surface area contributed by atoms with Gasteiger partial charge >= 0.3 is 5.97 Å². The fourth-order valence-electron chi connectivity index (χ4n) is 0.852. The minimum Gasteiger partial charge on any atom is -0.466 e. The molecule has 0 fully saturated rings. The maximum Gasteiger partial charge on any atom is 0.331 e. The topological polar surface area (TPSA) is 29.5 Å². The van der Waals surface area contributed by atoms with Crippen LogP contribution in [0.1, 0.15) is 20.8 Å². The Balaban J connectivity index is 4.06.